The van der Waals surface area contributed by atoms with Crippen molar-refractivity contribution in [2.45, 2.75) is 26.4 Å². The van der Waals surface area contributed by atoms with E-state index < -0.39 is 0 Å². The maximum Gasteiger partial charge on any atom is 0.0611 e. The molecule has 0 aliphatic heterocycles. The summed E-state index contributed by atoms with van der Waals surface area (Å²) in [4.78, 5) is 0. The van der Waals surface area contributed by atoms with Crippen LogP contribution in [0.25, 0.3) is 0 Å². The van der Waals surface area contributed by atoms with E-state index in [0.29, 0.717) is 11.8 Å². The lowest BCUT2D eigenvalue weighted by molar-refractivity contribution is 0.0913. The largest absolute Gasteiger partial charge is 0.392 e. The Morgan fingerprint density at radius 3 is 2.73 bits per heavy atom. The van der Waals surface area contributed by atoms with Gasteiger partial charge in [-0.05, 0) is 23.8 Å². The number of hydrogen-bond acceptors (Lipinski definition) is 1. The topological polar surface area (TPSA) is 20.2 Å². The second-order valence-electron chi connectivity index (χ2n) is 3.44. The van der Waals surface area contributed by atoms with Gasteiger partial charge in [-0.2, -0.15) is 0 Å². The summed E-state index contributed by atoms with van der Waals surface area (Å²) in [7, 11) is 0. The molecule has 0 aromatic carbocycles. The second kappa shape index (κ2) is 3.22. The monoisotopic (exact) mass is 152 g/mol. The first kappa shape index (κ1) is 8.54. The predicted molar refractivity (Wildman–Crippen MR) is 47.2 cm³/mol. The standard InChI is InChI=1S/C10H16O/c1-4-9-5-7(2)8(3)10(11)6-9/h4-5,7-8,10-11H,1,6H2,2-3H3. The van der Waals surface area contributed by atoms with E-state index in [-0.39, 0.29) is 6.10 Å². The lowest BCUT2D eigenvalue weighted by Crippen LogP contribution is -2.27. The zero-order chi connectivity index (χ0) is 8.43. The van der Waals surface area contributed by atoms with Crippen LogP contribution in [0.2, 0.25) is 0 Å². The molecule has 0 radical (unpaired) electrons. The molecule has 0 bridgehead atoms. The van der Waals surface area contributed by atoms with Crippen molar-refractivity contribution in [1.29, 1.82) is 0 Å². The highest BCUT2D eigenvalue weighted by Crippen LogP contribution is 2.28. The molecule has 1 aliphatic rings. The molecule has 0 heterocycles. The number of rotatable bonds is 1. The van der Waals surface area contributed by atoms with Crippen LogP contribution in [0.3, 0.4) is 0 Å². The molecule has 0 amide bonds. The van der Waals surface area contributed by atoms with E-state index in [1.807, 2.05) is 6.08 Å². The third-order valence-electron chi connectivity index (χ3n) is 2.62. The number of aliphatic hydroxyl groups excluding tert-OH is 1. The molecule has 62 valence electrons. The Hall–Kier alpha value is -0.560. The molecule has 1 aliphatic carbocycles. The van der Waals surface area contributed by atoms with Crippen molar-refractivity contribution < 1.29 is 5.11 Å². The molecule has 0 saturated carbocycles. The van der Waals surface area contributed by atoms with Gasteiger partial charge in [0.2, 0.25) is 0 Å². The quantitative estimate of drug-likeness (QED) is 0.610. The van der Waals surface area contributed by atoms with Gasteiger partial charge in [0.05, 0.1) is 6.10 Å². The van der Waals surface area contributed by atoms with Gasteiger partial charge in [0, 0.05) is 0 Å². The summed E-state index contributed by atoms with van der Waals surface area (Å²) in [5, 5.41) is 9.56. The molecular weight excluding hydrogens is 136 g/mol. The Kier molecular flexibility index (Phi) is 2.50. The lowest BCUT2D eigenvalue weighted by atomic mass is 9.81. The van der Waals surface area contributed by atoms with Gasteiger partial charge < -0.3 is 5.11 Å². The number of hydrogen-bond donors (Lipinski definition) is 1. The molecule has 0 aromatic heterocycles. The van der Waals surface area contributed by atoms with Gasteiger partial charge in [-0.3, -0.25) is 0 Å². The van der Waals surface area contributed by atoms with E-state index in [1.165, 1.54) is 5.57 Å². The van der Waals surface area contributed by atoms with Gasteiger partial charge in [0.15, 0.2) is 0 Å². The minimum atomic E-state index is -0.178. The summed E-state index contributed by atoms with van der Waals surface area (Å²) >= 11 is 0. The number of allylic oxidation sites excluding steroid dienone is 2. The minimum absolute atomic E-state index is 0.178. The van der Waals surface area contributed by atoms with Crippen LogP contribution in [-0.2, 0) is 0 Å². The second-order valence-corrected chi connectivity index (χ2v) is 3.44. The molecule has 3 atom stereocenters. The third kappa shape index (κ3) is 1.72. The Balaban J connectivity index is 2.75. The number of aliphatic hydroxyl groups is 1. The van der Waals surface area contributed by atoms with Crippen LogP contribution < -0.4 is 0 Å². The highest BCUT2D eigenvalue weighted by Gasteiger charge is 2.24. The van der Waals surface area contributed by atoms with Crippen LogP contribution in [-0.4, -0.2) is 11.2 Å². The first-order valence-corrected chi connectivity index (χ1v) is 4.16. The van der Waals surface area contributed by atoms with Crippen molar-refractivity contribution in [3.8, 4) is 0 Å². The molecule has 0 saturated heterocycles. The zero-order valence-corrected chi connectivity index (χ0v) is 7.25. The van der Waals surface area contributed by atoms with E-state index >= 15 is 0 Å². The van der Waals surface area contributed by atoms with Gasteiger partial charge >= 0.3 is 0 Å². The molecule has 1 nitrogen and oxygen atoms in total. The predicted octanol–water partition coefficient (Wildman–Crippen LogP) is 2.14. The molecule has 3 unspecified atom stereocenters. The van der Waals surface area contributed by atoms with Crippen molar-refractivity contribution in [3.05, 3.63) is 24.3 Å². The van der Waals surface area contributed by atoms with Crippen molar-refractivity contribution in [1.82, 2.24) is 0 Å². The summed E-state index contributed by atoms with van der Waals surface area (Å²) in [6.45, 7) is 7.92. The van der Waals surface area contributed by atoms with Gasteiger partial charge in [-0.15, -0.1) is 0 Å². The Bertz CT molecular complexity index is 181. The average molecular weight is 152 g/mol. The summed E-state index contributed by atoms with van der Waals surface area (Å²) in [5.74, 6) is 0.866. The molecule has 0 fully saturated rings. The van der Waals surface area contributed by atoms with Gasteiger partial charge in [-0.25, -0.2) is 0 Å². The maximum atomic E-state index is 9.56. The van der Waals surface area contributed by atoms with Gasteiger partial charge in [0.25, 0.3) is 0 Å². The molecule has 11 heavy (non-hydrogen) atoms. The van der Waals surface area contributed by atoms with Crippen LogP contribution >= 0.6 is 0 Å². The van der Waals surface area contributed by atoms with Crippen LogP contribution in [0.1, 0.15) is 20.3 Å². The molecule has 0 aromatic rings. The van der Waals surface area contributed by atoms with Crippen molar-refractivity contribution in [2.24, 2.45) is 11.8 Å². The first-order chi connectivity index (χ1) is 5.15. The summed E-state index contributed by atoms with van der Waals surface area (Å²) < 4.78 is 0. The highest BCUT2D eigenvalue weighted by atomic mass is 16.3. The fraction of sp³-hybridized carbons (Fsp3) is 0.600. The minimum Gasteiger partial charge on any atom is -0.392 e. The van der Waals surface area contributed by atoms with Crippen molar-refractivity contribution in [2.75, 3.05) is 0 Å². The van der Waals surface area contributed by atoms with Crippen LogP contribution in [0.4, 0.5) is 0 Å². The van der Waals surface area contributed by atoms with Crippen molar-refractivity contribution >= 4 is 0 Å². The molecular formula is C10H16O. The van der Waals surface area contributed by atoms with Crippen LogP contribution in [0, 0.1) is 11.8 Å². The first-order valence-electron chi connectivity index (χ1n) is 4.16. The SMILES string of the molecule is C=CC1=CC(C)C(C)C(O)C1. The molecule has 1 rings (SSSR count). The van der Waals surface area contributed by atoms with Crippen LogP contribution in [0.15, 0.2) is 24.3 Å². The fourth-order valence-electron chi connectivity index (χ4n) is 1.49. The Morgan fingerprint density at radius 2 is 2.27 bits per heavy atom. The van der Waals surface area contributed by atoms with Crippen molar-refractivity contribution in [3.63, 3.8) is 0 Å². The highest BCUT2D eigenvalue weighted by molar-refractivity contribution is 5.21. The molecule has 1 heteroatoms. The summed E-state index contributed by atoms with van der Waals surface area (Å²) in [6, 6.07) is 0. The molecule has 0 spiro atoms. The van der Waals surface area contributed by atoms with Gasteiger partial charge in [0.1, 0.15) is 0 Å². The van der Waals surface area contributed by atoms with Crippen LogP contribution in [0.5, 0.6) is 0 Å². The van der Waals surface area contributed by atoms with E-state index in [4.69, 9.17) is 0 Å². The maximum absolute atomic E-state index is 9.56. The third-order valence-corrected chi connectivity index (χ3v) is 2.62. The molecule has 1 N–H and O–H groups in total. The summed E-state index contributed by atoms with van der Waals surface area (Å²) in [6.07, 6.45) is 4.63. The normalized spacial score (nSPS) is 38.1. The van der Waals surface area contributed by atoms with E-state index in [0.717, 1.165) is 6.42 Å². The average Bonchev–Trinajstić information content (AvgIpc) is 1.99. The summed E-state index contributed by atoms with van der Waals surface area (Å²) in [5.41, 5.74) is 1.18. The Labute approximate surface area is 68.4 Å². The fourth-order valence-corrected chi connectivity index (χ4v) is 1.49. The van der Waals surface area contributed by atoms with E-state index in [2.05, 4.69) is 26.5 Å². The smallest absolute Gasteiger partial charge is 0.0611 e. The van der Waals surface area contributed by atoms with E-state index in [1.54, 1.807) is 0 Å². The lowest BCUT2D eigenvalue weighted by Gasteiger charge is -2.28. The van der Waals surface area contributed by atoms with Gasteiger partial charge in [-0.1, -0.05) is 32.6 Å². The zero-order valence-electron chi connectivity index (χ0n) is 7.25. The van der Waals surface area contributed by atoms with E-state index in [9.17, 15) is 5.11 Å². The Morgan fingerprint density at radius 1 is 1.64 bits per heavy atom.